The Morgan fingerprint density at radius 2 is 1.62 bits per heavy atom. The minimum Gasteiger partial charge on any atom is -0.507 e. The molecule has 6 heteroatoms. The van der Waals surface area contributed by atoms with Crippen molar-refractivity contribution in [2.45, 2.75) is 46.6 Å². The molecule has 1 amide bonds. The van der Waals surface area contributed by atoms with Gasteiger partial charge in [0.15, 0.2) is 0 Å². The number of likely N-dealkylation sites (tertiary alicyclic amines) is 1. The summed E-state index contributed by atoms with van der Waals surface area (Å²) in [7, 11) is 0. The van der Waals surface area contributed by atoms with E-state index >= 15 is 0 Å². The lowest BCUT2D eigenvalue weighted by Crippen LogP contribution is -2.38. The van der Waals surface area contributed by atoms with Crippen molar-refractivity contribution in [3.63, 3.8) is 0 Å². The van der Waals surface area contributed by atoms with Crippen molar-refractivity contribution in [2.24, 2.45) is 0 Å². The monoisotopic (exact) mass is 464 g/mol. The van der Waals surface area contributed by atoms with Gasteiger partial charge in [-0.05, 0) is 61.3 Å². The van der Waals surface area contributed by atoms with Gasteiger partial charge in [0.25, 0.3) is 11.7 Å². The second-order valence-corrected chi connectivity index (χ2v) is 8.49. The molecule has 0 saturated carbocycles. The molecule has 6 nitrogen and oxygen atoms in total. The van der Waals surface area contributed by atoms with E-state index in [-0.39, 0.29) is 11.3 Å². The molecule has 0 aliphatic carbocycles. The molecule has 1 unspecified atom stereocenters. The number of aliphatic hydroxyl groups excluding tert-OH is 1. The number of hydrogen-bond donors (Lipinski definition) is 1. The van der Waals surface area contributed by atoms with Gasteiger partial charge in [0.1, 0.15) is 11.5 Å². The van der Waals surface area contributed by atoms with Crippen molar-refractivity contribution in [1.82, 2.24) is 9.80 Å². The van der Waals surface area contributed by atoms with E-state index < -0.39 is 17.7 Å². The Morgan fingerprint density at radius 3 is 2.18 bits per heavy atom. The summed E-state index contributed by atoms with van der Waals surface area (Å²) in [5.41, 5.74) is 2.61. The first-order valence-electron chi connectivity index (χ1n) is 12.3. The van der Waals surface area contributed by atoms with Gasteiger partial charge in [-0.2, -0.15) is 0 Å². The second kappa shape index (κ2) is 11.8. The van der Waals surface area contributed by atoms with Crippen LogP contribution in [0.5, 0.6) is 5.75 Å². The predicted octanol–water partition coefficient (Wildman–Crippen LogP) is 4.80. The van der Waals surface area contributed by atoms with Crippen LogP contribution in [0.25, 0.3) is 5.76 Å². The highest BCUT2D eigenvalue weighted by atomic mass is 16.5. The molecule has 1 atom stereocenters. The molecule has 182 valence electrons. The lowest BCUT2D eigenvalue weighted by molar-refractivity contribution is -0.140. The van der Waals surface area contributed by atoms with Gasteiger partial charge in [0.05, 0.1) is 18.2 Å². The van der Waals surface area contributed by atoms with Gasteiger partial charge in [-0.25, -0.2) is 0 Å². The van der Waals surface area contributed by atoms with Crippen LogP contribution in [0.2, 0.25) is 0 Å². The number of amides is 1. The molecule has 1 heterocycles. The van der Waals surface area contributed by atoms with Crippen molar-refractivity contribution in [3.05, 3.63) is 70.8 Å². The van der Waals surface area contributed by atoms with Crippen molar-refractivity contribution < 1.29 is 19.4 Å². The Balaban J connectivity index is 2.03. The summed E-state index contributed by atoms with van der Waals surface area (Å²) >= 11 is 0. The standard InChI is InChI=1S/C28H36N2O4/c1-5-19-34-23-15-13-22(14-16-23)26(31)24-25(21-11-9-20(6-2)10-12-21)30(28(33)27(24)32)18-17-29(7-3)8-4/h9-16,25,31H,5-8,17-19H2,1-4H3/b26-24+. The van der Waals surface area contributed by atoms with Crippen LogP contribution in [0.3, 0.4) is 0 Å². The SMILES string of the molecule is CCCOc1ccc(/C(O)=C2\C(=O)C(=O)N(CCN(CC)CC)C2c2ccc(CC)cc2)cc1. The molecule has 1 fully saturated rings. The number of aryl methyl sites for hydroxylation is 1. The zero-order chi connectivity index (χ0) is 24.7. The Kier molecular flexibility index (Phi) is 8.88. The molecule has 0 bridgehead atoms. The highest BCUT2D eigenvalue weighted by molar-refractivity contribution is 6.46. The smallest absolute Gasteiger partial charge is 0.295 e. The molecule has 1 N–H and O–H groups in total. The Labute approximate surface area is 202 Å². The summed E-state index contributed by atoms with van der Waals surface area (Å²) in [5, 5.41) is 11.2. The minimum atomic E-state index is -0.645. The molecule has 0 radical (unpaired) electrons. The quantitative estimate of drug-likeness (QED) is 0.294. The van der Waals surface area contributed by atoms with E-state index in [1.54, 1.807) is 29.2 Å². The fourth-order valence-corrected chi connectivity index (χ4v) is 4.27. The molecule has 0 aromatic heterocycles. The van der Waals surface area contributed by atoms with E-state index in [4.69, 9.17) is 4.74 Å². The molecule has 1 saturated heterocycles. The second-order valence-electron chi connectivity index (χ2n) is 8.49. The largest absolute Gasteiger partial charge is 0.507 e. The highest BCUT2D eigenvalue weighted by Gasteiger charge is 2.45. The number of ether oxygens (including phenoxy) is 1. The summed E-state index contributed by atoms with van der Waals surface area (Å²) in [6, 6.07) is 14.3. The number of ketones is 1. The summed E-state index contributed by atoms with van der Waals surface area (Å²) in [5.74, 6) is -0.672. The van der Waals surface area contributed by atoms with Crippen molar-refractivity contribution in [1.29, 1.82) is 0 Å². The maximum absolute atomic E-state index is 13.2. The zero-order valence-electron chi connectivity index (χ0n) is 20.7. The van der Waals surface area contributed by atoms with E-state index in [2.05, 4.69) is 25.7 Å². The van der Waals surface area contributed by atoms with Crippen LogP contribution in [0, 0.1) is 0 Å². The van der Waals surface area contributed by atoms with Crippen molar-refractivity contribution in [3.8, 4) is 5.75 Å². The number of carbonyl (C=O) groups excluding carboxylic acids is 2. The van der Waals surface area contributed by atoms with Gasteiger partial charge < -0.3 is 19.6 Å². The van der Waals surface area contributed by atoms with Gasteiger partial charge in [-0.1, -0.05) is 52.0 Å². The van der Waals surface area contributed by atoms with Gasteiger partial charge in [0, 0.05) is 18.7 Å². The Hall–Kier alpha value is -3.12. The van der Waals surface area contributed by atoms with Crippen molar-refractivity contribution >= 4 is 17.4 Å². The van der Waals surface area contributed by atoms with Gasteiger partial charge >= 0.3 is 0 Å². The predicted molar refractivity (Wildman–Crippen MR) is 135 cm³/mol. The third-order valence-electron chi connectivity index (χ3n) is 6.40. The summed E-state index contributed by atoms with van der Waals surface area (Å²) in [6.07, 6.45) is 1.80. The molecular weight excluding hydrogens is 428 g/mol. The average molecular weight is 465 g/mol. The normalized spacial score (nSPS) is 17.6. The number of benzene rings is 2. The fraction of sp³-hybridized carbons (Fsp3) is 0.429. The summed E-state index contributed by atoms with van der Waals surface area (Å²) in [6.45, 7) is 11.7. The average Bonchev–Trinajstić information content (AvgIpc) is 3.13. The van der Waals surface area contributed by atoms with Crippen LogP contribution in [0.1, 0.15) is 56.8 Å². The Bertz CT molecular complexity index is 1010. The first-order chi connectivity index (χ1) is 16.4. The van der Waals surface area contributed by atoms with Crippen LogP contribution < -0.4 is 4.74 Å². The van der Waals surface area contributed by atoms with Crippen LogP contribution >= 0.6 is 0 Å². The zero-order valence-corrected chi connectivity index (χ0v) is 20.7. The maximum atomic E-state index is 13.2. The molecular formula is C28H36N2O4. The molecule has 1 aliphatic heterocycles. The van der Waals surface area contributed by atoms with Gasteiger partial charge in [-0.3, -0.25) is 9.59 Å². The van der Waals surface area contributed by atoms with Crippen LogP contribution in [-0.4, -0.2) is 59.4 Å². The van der Waals surface area contributed by atoms with E-state index in [0.717, 1.165) is 31.5 Å². The molecule has 2 aromatic carbocycles. The minimum absolute atomic E-state index is 0.135. The summed E-state index contributed by atoms with van der Waals surface area (Å²) in [4.78, 5) is 30.1. The van der Waals surface area contributed by atoms with Gasteiger partial charge in [0.2, 0.25) is 0 Å². The molecule has 34 heavy (non-hydrogen) atoms. The number of aliphatic hydroxyl groups is 1. The number of hydrogen-bond acceptors (Lipinski definition) is 5. The van der Waals surface area contributed by atoms with Crippen LogP contribution in [0.4, 0.5) is 0 Å². The topological polar surface area (TPSA) is 70.1 Å². The van der Waals surface area contributed by atoms with Crippen molar-refractivity contribution in [2.75, 3.05) is 32.8 Å². The van der Waals surface area contributed by atoms with Gasteiger partial charge in [-0.15, -0.1) is 0 Å². The number of rotatable bonds is 11. The number of carbonyl (C=O) groups is 2. The first kappa shape index (κ1) is 25.5. The molecule has 2 aromatic rings. The molecule has 1 aliphatic rings. The maximum Gasteiger partial charge on any atom is 0.295 e. The Morgan fingerprint density at radius 1 is 0.971 bits per heavy atom. The third kappa shape index (κ3) is 5.50. The lowest BCUT2D eigenvalue weighted by atomic mass is 9.94. The number of nitrogens with zero attached hydrogens (tertiary/aromatic N) is 2. The lowest BCUT2D eigenvalue weighted by Gasteiger charge is -2.28. The van der Waals surface area contributed by atoms with E-state index in [9.17, 15) is 14.7 Å². The van der Waals surface area contributed by atoms with E-state index in [1.807, 2.05) is 31.2 Å². The van der Waals surface area contributed by atoms with Crippen LogP contribution in [-0.2, 0) is 16.0 Å². The van der Waals surface area contributed by atoms with E-state index in [1.165, 1.54) is 5.56 Å². The third-order valence-corrected chi connectivity index (χ3v) is 6.40. The fourth-order valence-electron chi connectivity index (χ4n) is 4.27. The molecule has 3 rings (SSSR count). The number of Topliss-reactive ketones (excluding diaryl/α,β-unsaturated/α-hetero) is 1. The van der Waals surface area contributed by atoms with E-state index in [0.29, 0.717) is 31.0 Å². The highest BCUT2D eigenvalue weighted by Crippen LogP contribution is 2.39. The summed E-state index contributed by atoms with van der Waals surface area (Å²) < 4.78 is 5.63. The van der Waals surface area contributed by atoms with Crippen LogP contribution in [0.15, 0.2) is 54.1 Å². The number of likely N-dealkylation sites (N-methyl/N-ethyl adjacent to an activating group) is 1. The molecule has 0 spiro atoms. The first-order valence-corrected chi connectivity index (χ1v) is 12.3.